The first-order valence-electron chi connectivity index (χ1n) is 10.8. The zero-order valence-corrected chi connectivity index (χ0v) is 16.7. The van der Waals surface area contributed by atoms with Crippen LogP contribution in [0.5, 0.6) is 0 Å². The summed E-state index contributed by atoms with van der Waals surface area (Å²) in [6, 6.07) is 9.15. The summed E-state index contributed by atoms with van der Waals surface area (Å²) < 4.78 is 0. The van der Waals surface area contributed by atoms with Gasteiger partial charge in [-0.05, 0) is 64.1 Å². The number of benzene rings is 1. The minimum absolute atomic E-state index is 0.737. The van der Waals surface area contributed by atoms with Crippen molar-refractivity contribution < 1.29 is 0 Å². The van der Waals surface area contributed by atoms with Gasteiger partial charge < -0.3 is 15.1 Å². The first-order valence-corrected chi connectivity index (χ1v) is 10.8. The summed E-state index contributed by atoms with van der Waals surface area (Å²) in [5, 5.41) is 4.67. The first-order chi connectivity index (χ1) is 13.3. The van der Waals surface area contributed by atoms with E-state index in [0.717, 1.165) is 49.4 Å². The van der Waals surface area contributed by atoms with Crippen LogP contribution in [0.2, 0.25) is 0 Å². The maximum atomic E-state index is 4.91. The lowest BCUT2D eigenvalue weighted by Gasteiger charge is -2.33. The molecule has 5 heteroatoms. The summed E-state index contributed by atoms with van der Waals surface area (Å²) in [5.74, 6) is 1.88. The Bertz CT molecular complexity index is 741. The van der Waals surface area contributed by atoms with Gasteiger partial charge in [-0.2, -0.15) is 4.98 Å². The highest BCUT2D eigenvalue weighted by Crippen LogP contribution is 2.27. The number of anilines is 2. The Morgan fingerprint density at radius 1 is 1.00 bits per heavy atom. The average molecular weight is 368 g/mol. The zero-order chi connectivity index (χ0) is 18.5. The molecule has 146 valence electrons. The molecule has 0 spiro atoms. The van der Waals surface area contributed by atoms with E-state index >= 15 is 0 Å². The third-order valence-electron chi connectivity index (χ3n) is 6.08. The van der Waals surface area contributed by atoms with Gasteiger partial charge in [-0.15, -0.1) is 0 Å². The number of hydrogen-bond donors (Lipinski definition) is 1. The van der Waals surface area contributed by atoms with Gasteiger partial charge in [0.2, 0.25) is 5.95 Å². The maximum absolute atomic E-state index is 4.91. The van der Waals surface area contributed by atoms with E-state index in [2.05, 4.69) is 46.3 Å². The molecular weight excluding hydrogens is 334 g/mol. The second-order valence-corrected chi connectivity index (χ2v) is 8.10. The van der Waals surface area contributed by atoms with Gasteiger partial charge in [0.1, 0.15) is 5.82 Å². The molecule has 1 aromatic heterocycles. The number of rotatable bonds is 6. The molecule has 27 heavy (non-hydrogen) atoms. The molecular formula is C22H33N5. The molecule has 3 heterocycles. The highest BCUT2D eigenvalue weighted by molar-refractivity contribution is 5.90. The molecule has 1 N–H and O–H groups in total. The summed E-state index contributed by atoms with van der Waals surface area (Å²) in [7, 11) is 0. The van der Waals surface area contributed by atoms with Crippen LogP contribution < -0.4 is 10.2 Å². The SMILES string of the molecule is CC1CCCCN1CCCNc1nc(N2CCCCC2)c2ccccc2n1. The molecule has 1 aromatic carbocycles. The lowest BCUT2D eigenvalue weighted by Crippen LogP contribution is -2.38. The van der Waals surface area contributed by atoms with Gasteiger partial charge in [0.15, 0.2) is 0 Å². The van der Waals surface area contributed by atoms with Crippen molar-refractivity contribution in [1.82, 2.24) is 14.9 Å². The first kappa shape index (κ1) is 18.5. The molecule has 4 rings (SSSR count). The number of fused-ring (bicyclic) bond motifs is 1. The fourth-order valence-corrected chi connectivity index (χ4v) is 4.46. The number of nitrogens with zero attached hydrogens (tertiary/aromatic N) is 4. The predicted molar refractivity (Wildman–Crippen MR) is 114 cm³/mol. The second kappa shape index (κ2) is 8.87. The summed E-state index contributed by atoms with van der Waals surface area (Å²) in [4.78, 5) is 14.8. The van der Waals surface area contributed by atoms with E-state index in [4.69, 9.17) is 9.97 Å². The number of likely N-dealkylation sites (tertiary alicyclic amines) is 1. The van der Waals surface area contributed by atoms with Crippen LogP contribution in [0.4, 0.5) is 11.8 Å². The Kier molecular flexibility index (Phi) is 6.07. The molecule has 0 saturated carbocycles. The molecule has 2 aliphatic heterocycles. The molecule has 2 saturated heterocycles. The summed E-state index contributed by atoms with van der Waals surface area (Å²) >= 11 is 0. The van der Waals surface area contributed by atoms with Crippen molar-refractivity contribution in [3.05, 3.63) is 24.3 Å². The monoisotopic (exact) mass is 367 g/mol. The third kappa shape index (κ3) is 4.52. The number of nitrogens with one attached hydrogen (secondary N) is 1. The summed E-state index contributed by atoms with van der Waals surface area (Å²) in [6.45, 7) is 7.93. The van der Waals surface area contributed by atoms with Crippen molar-refractivity contribution in [1.29, 1.82) is 0 Å². The molecule has 1 unspecified atom stereocenters. The molecule has 2 aliphatic rings. The van der Waals surface area contributed by atoms with E-state index in [1.165, 1.54) is 57.0 Å². The van der Waals surface area contributed by atoms with Gasteiger partial charge in [-0.25, -0.2) is 4.98 Å². The molecule has 0 bridgehead atoms. The van der Waals surface area contributed by atoms with Crippen LogP contribution in [-0.4, -0.2) is 53.6 Å². The van der Waals surface area contributed by atoms with Crippen LogP contribution in [0.15, 0.2) is 24.3 Å². The molecule has 1 atom stereocenters. The van der Waals surface area contributed by atoms with Crippen molar-refractivity contribution >= 4 is 22.7 Å². The third-order valence-corrected chi connectivity index (χ3v) is 6.08. The molecule has 0 aliphatic carbocycles. The lowest BCUT2D eigenvalue weighted by molar-refractivity contribution is 0.160. The van der Waals surface area contributed by atoms with Crippen LogP contribution in [0, 0.1) is 0 Å². The van der Waals surface area contributed by atoms with E-state index in [-0.39, 0.29) is 0 Å². The van der Waals surface area contributed by atoms with E-state index in [1.54, 1.807) is 0 Å². The Morgan fingerprint density at radius 2 is 1.81 bits per heavy atom. The minimum Gasteiger partial charge on any atom is -0.356 e. The van der Waals surface area contributed by atoms with Crippen LogP contribution in [0.3, 0.4) is 0 Å². The largest absolute Gasteiger partial charge is 0.356 e. The van der Waals surface area contributed by atoms with Crippen molar-refractivity contribution in [2.75, 3.05) is 42.9 Å². The smallest absolute Gasteiger partial charge is 0.225 e. The highest BCUT2D eigenvalue weighted by Gasteiger charge is 2.18. The predicted octanol–water partition coefficient (Wildman–Crippen LogP) is 4.30. The average Bonchev–Trinajstić information content (AvgIpc) is 2.72. The van der Waals surface area contributed by atoms with Crippen LogP contribution in [0.1, 0.15) is 51.9 Å². The molecule has 2 aromatic rings. The fraction of sp³-hybridized carbons (Fsp3) is 0.636. The molecule has 0 amide bonds. The highest BCUT2D eigenvalue weighted by atomic mass is 15.2. The van der Waals surface area contributed by atoms with E-state index in [0.29, 0.717) is 0 Å². The standard InChI is InChI=1S/C22H33N5/c1-18-10-5-8-14-26(18)17-9-13-23-22-24-20-12-4-3-11-19(20)21(25-22)27-15-6-2-7-16-27/h3-4,11-12,18H,2,5-10,13-17H2,1H3,(H,23,24,25). The maximum Gasteiger partial charge on any atom is 0.225 e. The number of aromatic nitrogens is 2. The van der Waals surface area contributed by atoms with E-state index < -0.39 is 0 Å². The van der Waals surface area contributed by atoms with Gasteiger partial charge in [0, 0.05) is 37.6 Å². The molecule has 5 nitrogen and oxygen atoms in total. The van der Waals surface area contributed by atoms with Crippen molar-refractivity contribution in [3.63, 3.8) is 0 Å². The van der Waals surface area contributed by atoms with Gasteiger partial charge in [-0.1, -0.05) is 18.6 Å². The normalized spacial score (nSPS) is 21.5. The van der Waals surface area contributed by atoms with Gasteiger partial charge in [-0.3, -0.25) is 0 Å². The van der Waals surface area contributed by atoms with Crippen molar-refractivity contribution in [2.45, 2.75) is 57.9 Å². The summed E-state index contributed by atoms with van der Waals surface area (Å²) in [5.41, 5.74) is 1.04. The number of hydrogen-bond acceptors (Lipinski definition) is 5. The molecule has 2 fully saturated rings. The van der Waals surface area contributed by atoms with Crippen LogP contribution in [0.25, 0.3) is 10.9 Å². The fourth-order valence-electron chi connectivity index (χ4n) is 4.46. The quantitative estimate of drug-likeness (QED) is 0.771. The van der Waals surface area contributed by atoms with E-state index in [9.17, 15) is 0 Å². The zero-order valence-electron chi connectivity index (χ0n) is 16.7. The molecule has 0 radical (unpaired) electrons. The Labute approximate surface area is 163 Å². The Morgan fingerprint density at radius 3 is 2.67 bits per heavy atom. The lowest BCUT2D eigenvalue weighted by atomic mass is 10.0. The van der Waals surface area contributed by atoms with Crippen molar-refractivity contribution in [3.8, 4) is 0 Å². The Balaban J connectivity index is 1.42. The van der Waals surface area contributed by atoms with Gasteiger partial charge in [0.05, 0.1) is 5.52 Å². The topological polar surface area (TPSA) is 44.3 Å². The van der Waals surface area contributed by atoms with Gasteiger partial charge in [0.25, 0.3) is 0 Å². The van der Waals surface area contributed by atoms with Gasteiger partial charge >= 0.3 is 0 Å². The minimum atomic E-state index is 0.737. The van der Waals surface area contributed by atoms with Crippen LogP contribution in [-0.2, 0) is 0 Å². The van der Waals surface area contributed by atoms with E-state index in [1.807, 2.05) is 0 Å². The number of piperidine rings is 2. The van der Waals surface area contributed by atoms with Crippen molar-refractivity contribution in [2.24, 2.45) is 0 Å². The Hall–Kier alpha value is -1.88. The number of para-hydroxylation sites is 1. The van der Waals surface area contributed by atoms with Crippen LogP contribution >= 0.6 is 0 Å². The summed E-state index contributed by atoms with van der Waals surface area (Å²) in [6.07, 6.45) is 9.08. The second-order valence-electron chi connectivity index (χ2n) is 8.10.